The minimum atomic E-state index is -0.0992. The second-order valence-corrected chi connectivity index (χ2v) is 4.35. The smallest absolute Gasteiger partial charge is 0.319 e. The van der Waals surface area contributed by atoms with Gasteiger partial charge in [0.15, 0.2) is 0 Å². The highest BCUT2D eigenvalue weighted by Gasteiger charge is 2.19. The number of rotatable bonds is 1. The zero-order chi connectivity index (χ0) is 10.7. The highest BCUT2D eigenvalue weighted by molar-refractivity contribution is 7.08. The lowest BCUT2D eigenvalue weighted by atomic mass is 10.1. The van der Waals surface area contributed by atoms with Crippen molar-refractivity contribution in [1.29, 1.82) is 5.41 Å². The summed E-state index contributed by atoms with van der Waals surface area (Å²) in [6, 6.07) is 1.77. The molecule has 0 bridgehead atoms. The molecule has 1 saturated heterocycles. The Hall–Kier alpha value is -1.36. The molecule has 1 aliphatic rings. The van der Waals surface area contributed by atoms with Gasteiger partial charge in [0.05, 0.1) is 12.2 Å². The highest BCUT2D eigenvalue weighted by Crippen LogP contribution is 2.14. The number of carbonyl (C=O) groups is 1. The maximum atomic E-state index is 11.7. The molecule has 0 aromatic carbocycles. The van der Waals surface area contributed by atoms with Gasteiger partial charge in [0.2, 0.25) is 0 Å². The first-order chi connectivity index (χ1) is 7.25. The molecule has 1 aliphatic heterocycles. The minimum absolute atomic E-state index is 0.0992. The van der Waals surface area contributed by atoms with E-state index in [4.69, 9.17) is 5.41 Å². The summed E-state index contributed by atoms with van der Waals surface area (Å²) in [5, 5.41) is 14.2. The summed E-state index contributed by atoms with van der Waals surface area (Å²) in [5.74, 6) is 0. The number of carbonyl (C=O) groups excluding carboxylic acids is 1. The van der Waals surface area contributed by atoms with Crippen molar-refractivity contribution in [2.75, 3.05) is 18.4 Å². The zero-order valence-corrected chi connectivity index (χ0v) is 9.14. The molecule has 0 spiro atoms. The third kappa shape index (κ3) is 2.56. The maximum Gasteiger partial charge on any atom is 0.322 e. The van der Waals surface area contributed by atoms with Gasteiger partial charge in [-0.1, -0.05) is 0 Å². The minimum Gasteiger partial charge on any atom is -0.319 e. The molecule has 0 saturated carbocycles. The van der Waals surface area contributed by atoms with Crippen LogP contribution in [0.2, 0.25) is 0 Å². The van der Waals surface area contributed by atoms with Crippen LogP contribution in [0.25, 0.3) is 0 Å². The normalized spacial score (nSPS) is 16.5. The van der Waals surface area contributed by atoms with Crippen molar-refractivity contribution < 1.29 is 4.79 Å². The summed E-state index contributed by atoms with van der Waals surface area (Å²) < 4.78 is 0. The van der Waals surface area contributed by atoms with Gasteiger partial charge in [-0.25, -0.2) is 4.79 Å². The summed E-state index contributed by atoms with van der Waals surface area (Å²) in [6.07, 6.45) is 1.72. The first-order valence-electron chi connectivity index (χ1n) is 4.90. The topological polar surface area (TPSA) is 56.2 Å². The van der Waals surface area contributed by atoms with Gasteiger partial charge in [0.25, 0.3) is 0 Å². The number of piperidine rings is 1. The zero-order valence-electron chi connectivity index (χ0n) is 8.32. The van der Waals surface area contributed by atoms with Crippen LogP contribution in [-0.2, 0) is 0 Å². The molecule has 0 unspecified atom stereocenters. The Kier molecular flexibility index (Phi) is 3.01. The Morgan fingerprint density at radius 1 is 1.60 bits per heavy atom. The Labute approximate surface area is 92.4 Å². The molecule has 0 radical (unpaired) electrons. The van der Waals surface area contributed by atoms with Crippen LogP contribution in [-0.4, -0.2) is 29.7 Å². The summed E-state index contributed by atoms with van der Waals surface area (Å²) in [7, 11) is 0. The Bertz CT molecular complexity index is 361. The van der Waals surface area contributed by atoms with Crippen LogP contribution in [0.5, 0.6) is 0 Å². The van der Waals surface area contributed by atoms with Crippen molar-refractivity contribution in [3.05, 3.63) is 16.8 Å². The summed E-state index contributed by atoms with van der Waals surface area (Å²) >= 11 is 1.55. The van der Waals surface area contributed by atoms with E-state index in [-0.39, 0.29) is 6.03 Å². The van der Waals surface area contributed by atoms with Gasteiger partial charge < -0.3 is 15.6 Å². The second kappa shape index (κ2) is 4.44. The number of nitrogens with zero attached hydrogens (tertiary/aromatic N) is 1. The molecule has 2 amide bonds. The first kappa shape index (κ1) is 10.2. The van der Waals surface area contributed by atoms with Crippen molar-refractivity contribution >= 4 is 28.8 Å². The van der Waals surface area contributed by atoms with Gasteiger partial charge in [-0.15, -0.1) is 0 Å². The van der Waals surface area contributed by atoms with Crippen LogP contribution in [0.4, 0.5) is 10.5 Å². The molecular weight excluding hydrogens is 210 g/mol. The van der Waals surface area contributed by atoms with Gasteiger partial charge in [-0.05, 0) is 24.3 Å². The van der Waals surface area contributed by atoms with Gasteiger partial charge >= 0.3 is 6.03 Å². The van der Waals surface area contributed by atoms with E-state index >= 15 is 0 Å². The average molecular weight is 223 g/mol. The van der Waals surface area contributed by atoms with Crippen molar-refractivity contribution in [3.8, 4) is 0 Å². The van der Waals surface area contributed by atoms with E-state index < -0.39 is 0 Å². The van der Waals surface area contributed by atoms with E-state index in [1.54, 1.807) is 16.2 Å². The number of amides is 2. The standard InChI is InChI=1S/C10H13N3OS/c11-8-2-1-4-13(6-8)10(14)12-9-3-5-15-7-9/h3,5,7,11H,1-2,4,6H2,(H,12,14). The Morgan fingerprint density at radius 2 is 2.47 bits per heavy atom. The number of thiophene rings is 1. The average Bonchev–Trinajstić information content (AvgIpc) is 2.70. The number of likely N-dealkylation sites (tertiary alicyclic amines) is 1. The highest BCUT2D eigenvalue weighted by atomic mass is 32.1. The predicted molar refractivity (Wildman–Crippen MR) is 61.9 cm³/mol. The number of urea groups is 1. The molecule has 0 atom stereocenters. The van der Waals surface area contributed by atoms with E-state index in [9.17, 15) is 4.79 Å². The van der Waals surface area contributed by atoms with Gasteiger partial charge in [-0.2, -0.15) is 11.3 Å². The summed E-state index contributed by atoms with van der Waals surface area (Å²) in [6.45, 7) is 1.22. The lowest BCUT2D eigenvalue weighted by Gasteiger charge is -2.27. The van der Waals surface area contributed by atoms with E-state index in [1.165, 1.54) is 0 Å². The molecule has 2 heterocycles. The van der Waals surface area contributed by atoms with Crippen LogP contribution in [0.1, 0.15) is 12.8 Å². The number of hydrogen-bond acceptors (Lipinski definition) is 3. The van der Waals surface area contributed by atoms with E-state index in [0.29, 0.717) is 12.3 Å². The van der Waals surface area contributed by atoms with Gasteiger partial charge in [-0.3, -0.25) is 0 Å². The largest absolute Gasteiger partial charge is 0.322 e. The fourth-order valence-corrected chi connectivity index (χ4v) is 2.17. The SMILES string of the molecule is N=C1CCCN(C(=O)Nc2ccsc2)C1. The van der Waals surface area contributed by atoms with Crippen LogP contribution in [0.3, 0.4) is 0 Å². The van der Waals surface area contributed by atoms with Crippen LogP contribution in [0, 0.1) is 5.41 Å². The molecule has 80 valence electrons. The summed E-state index contributed by atoms with van der Waals surface area (Å²) in [4.78, 5) is 13.4. The van der Waals surface area contributed by atoms with Crippen LogP contribution in [0.15, 0.2) is 16.8 Å². The molecule has 4 nitrogen and oxygen atoms in total. The molecule has 1 aromatic heterocycles. The van der Waals surface area contributed by atoms with Crippen molar-refractivity contribution in [2.24, 2.45) is 0 Å². The number of hydrogen-bond donors (Lipinski definition) is 2. The Morgan fingerprint density at radius 3 is 3.13 bits per heavy atom. The molecule has 1 aromatic rings. The fraction of sp³-hybridized carbons (Fsp3) is 0.400. The Balaban J connectivity index is 1.93. The third-order valence-corrected chi connectivity index (χ3v) is 3.03. The lowest BCUT2D eigenvalue weighted by Crippen LogP contribution is -2.42. The molecule has 2 rings (SSSR count). The fourth-order valence-electron chi connectivity index (χ4n) is 1.58. The molecule has 15 heavy (non-hydrogen) atoms. The van der Waals surface area contributed by atoms with Gasteiger partial charge in [0.1, 0.15) is 0 Å². The van der Waals surface area contributed by atoms with Crippen LogP contribution < -0.4 is 5.32 Å². The molecule has 1 fully saturated rings. The van der Waals surface area contributed by atoms with Crippen LogP contribution >= 0.6 is 11.3 Å². The molecule has 0 aliphatic carbocycles. The van der Waals surface area contributed by atoms with E-state index in [0.717, 1.165) is 25.1 Å². The molecule has 2 N–H and O–H groups in total. The number of nitrogens with one attached hydrogen (secondary N) is 2. The van der Waals surface area contributed by atoms with Crippen molar-refractivity contribution in [1.82, 2.24) is 4.90 Å². The predicted octanol–water partition coefficient (Wildman–Crippen LogP) is 2.40. The second-order valence-electron chi connectivity index (χ2n) is 3.57. The van der Waals surface area contributed by atoms with Crippen molar-refractivity contribution in [3.63, 3.8) is 0 Å². The quantitative estimate of drug-likeness (QED) is 0.754. The molecular formula is C10H13N3OS. The maximum absolute atomic E-state index is 11.7. The lowest BCUT2D eigenvalue weighted by molar-refractivity contribution is 0.215. The van der Waals surface area contributed by atoms with E-state index in [2.05, 4.69) is 5.32 Å². The summed E-state index contributed by atoms with van der Waals surface area (Å²) in [5.41, 5.74) is 1.48. The molecule has 5 heteroatoms. The monoisotopic (exact) mass is 223 g/mol. The van der Waals surface area contributed by atoms with Crippen molar-refractivity contribution in [2.45, 2.75) is 12.8 Å². The first-order valence-corrected chi connectivity index (χ1v) is 5.84. The van der Waals surface area contributed by atoms with E-state index in [1.807, 2.05) is 16.8 Å². The number of anilines is 1. The third-order valence-electron chi connectivity index (χ3n) is 2.35. The van der Waals surface area contributed by atoms with Gasteiger partial charge in [0, 0.05) is 17.6 Å².